The van der Waals surface area contributed by atoms with Crippen molar-refractivity contribution in [3.63, 3.8) is 0 Å². The van der Waals surface area contributed by atoms with Gasteiger partial charge in [0.15, 0.2) is 0 Å². The lowest BCUT2D eigenvalue weighted by molar-refractivity contribution is -0.150. The molecule has 7 nitrogen and oxygen atoms in total. The molecule has 32 heavy (non-hydrogen) atoms. The molecule has 1 saturated heterocycles. The number of esters is 1. The van der Waals surface area contributed by atoms with Crippen LogP contribution in [0.4, 0.5) is 0 Å². The number of aryl methyl sites for hydroxylation is 2. The Labute approximate surface area is 188 Å². The lowest BCUT2D eigenvalue weighted by Gasteiger charge is -2.30. The summed E-state index contributed by atoms with van der Waals surface area (Å²) in [4.78, 5) is 12.7. The zero-order chi connectivity index (χ0) is 22.6. The minimum atomic E-state index is -3.55. The Hall–Kier alpha value is -2.89. The van der Waals surface area contributed by atoms with Crippen molar-refractivity contribution in [2.45, 2.75) is 37.0 Å². The van der Waals surface area contributed by atoms with E-state index in [-0.39, 0.29) is 25.1 Å². The fourth-order valence-electron chi connectivity index (χ4n) is 4.23. The second-order valence-electron chi connectivity index (χ2n) is 8.11. The van der Waals surface area contributed by atoms with E-state index >= 15 is 0 Å². The summed E-state index contributed by atoms with van der Waals surface area (Å²) >= 11 is 0. The van der Waals surface area contributed by atoms with Gasteiger partial charge in [-0.2, -0.15) is 9.57 Å². The summed E-state index contributed by atoms with van der Waals surface area (Å²) in [6, 6.07) is 14.2. The van der Waals surface area contributed by atoms with E-state index in [1.807, 2.05) is 18.2 Å². The highest BCUT2D eigenvalue weighted by Crippen LogP contribution is 2.29. The minimum absolute atomic E-state index is 0.118. The summed E-state index contributed by atoms with van der Waals surface area (Å²) in [6.45, 7) is 0.942. The van der Waals surface area contributed by atoms with Crippen LogP contribution in [0.25, 0.3) is 0 Å². The van der Waals surface area contributed by atoms with E-state index in [0.29, 0.717) is 42.1 Å². The molecular weight excluding hydrogens is 428 g/mol. The van der Waals surface area contributed by atoms with Crippen molar-refractivity contribution in [3.8, 4) is 11.8 Å². The Balaban J connectivity index is 1.23. The van der Waals surface area contributed by atoms with E-state index in [1.54, 1.807) is 30.3 Å². The average molecular weight is 455 g/mol. The van der Waals surface area contributed by atoms with Gasteiger partial charge in [0, 0.05) is 13.1 Å². The highest BCUT2D eigenvalue weighted by Gasteiger charge is 2.33. The van der Waals surface area contributed by atoms with Gasteiger partial charge in [-0.1, -0.05) is 6.07 Å². The molecule has 1 aliphatic heterocycles. The van der Waals surface area contributed by atoms with Crippen LogP contribution in [0.15, 0.2) is 47.4 Å². The Kier molecular flexibility index (Phi) is 6.77. The van der Waals surface area contributed by atoms with Crippen LogP contribution in [0.2, 0.25) is 0 Å². The van der Waals surface area contributed by atoms with E-state index in [9.17, 15) is 13.2 Å². The molecule has 0 amide bonds. The molecule has 4 rings (SSSR count). The lowest BCUT2D eigenvalue weighted by Crippen LogP contribution is -2.40. The summed E-state index contributed by atoms with van der Waals surface area (Å²) in [5.41, 5.74) is 2.93. The molecular formula is C24H26N2O5S. The van der Waals surface area contributed by atoms with E-state index in [1.165, 1.54) is 9.87 Å². The highest BCUT2D eigenvalue weighted by atomic mass is 32.2. The topological polar surface area (TPSA) is 96.7 Å². The summed E-state index contributed by atoms with van der Waals surface area (Å²) in [5.74, 6) is -0.0236. The summed E-state index contributed by atoms with van der Waals surface area (Å²) in [5, 5.41) is 8.80. The van der Waals surface area contributed by atoms with E-state index < -0.39 is 10.0 Å². The number of ether oxygens (including phenoxy) is 2. The Morgan fingerprint density at radius 2 is 1.75 bits per heavy atom. The van der Waals surface area contributed by atoms with Crippen LogP contribution >= 0.6 is 0 Å². The van der Waals surface area contributed by atoms with Crippen molar-refractivity contribution in [2.75, 3.05) is 26.3 Å². The first-order valence-electron chi connectivity index (χ1n) is 10.9. The predicted molar refractivity (Wildman–Crippen MR) is 118 cm³/mol. The summed E-state index contributed by atoms with van der Waals surface area (Å²) in [6.07, 6.45) is 3.91. The maximum absolute atomic E-state index is 13.0. The number of carbonyl (C=O) groups is 1. The third kappa shape index (κ3) is 4.95. The summed E-state index contributed by atoms with van der Waals surface area (Å²) < 4.78 is 38.4. The van der Waals surface area contributed by atoms with E-state index in [2.05, 4.69) is 0 Å². The van der Waals surface area contributed by atoms with Crippen LogP contribution in [0.5, 0.6) is 5.75 Å². The van der Waals surface area contributed by atoms with Crippen molar-refractivity contribution >= 4 is 16.0 Å². The van der Waals surface area contributed by atoms with Gasteiger partial charge in [-0.15, -0.1) is 0 Å². The lowest BCUT2D eigenvalue weighted by atomic mass is 9.98. The van der Waals surface area contributed by atoms with Gasteiger partial charge >= 0.3 is 5.97 Å². The molecule has 0 bridgehead atoms. The van der Waals surface area contributed by atoms with Crippen molar-refractivity contribution in [2.24, 2.45) is 5.92 Å². The number of sulfonamides is 1. The zero-order valence-electron chi connectivity index (χ0n) is 17.8. The molecule has 0 atom stereocenters. The van der Waals surface area contributed by atoms with Crippen LogP contribution in [0, 0.1) is 17.2 Å². The van der Waals surface area contributed by atoms with Gasteiger partial charge in [0.1, 0.15) is 19.0 Å². The van der Waals surface area contributed by atoms with Crippen LogP contribution < -0.4 is 4.74 Å². The van der Waals surface area contributed by atoms with Gasteiger partial charge in [-0.05, 0) is 79.6 Å². The van der Waals surface area contributed by atoms with Crippen LogP contribution in [-0.4, -0.2) is 45.0 Å². The van der Waals surface area contributed by atoms with Crippen molar-refractivity contribution < 1.29 is 22.7 Å². The fraction of sp³-hybridized carbons (Fsp3) is 0.417. The number of carbonyl (C=O) groups excluding carboxylic acids is 1. The molecule has 1 fully saturated rings. The molecule has 0 unspecified atom stereocenters. The number of fused-ring (bicyclic) bond motifs is 1. The first kappa shape index (κ1) is 22.3. The smallest absolute Gasteiger partial charge is 0.309 e. The Bertz CT molecular complexity index is 1110. The molecule has 2 aliphatic rings. The number of rotatable bonds is 7. The average Bonchev–Trinajstić information content (AvgIpc) is 3.30. The number of nitrogens with zero attached hydrogens (tertiary/aromatic N) is 2. The Morgan fingerprint density at radius 3 is 2.47 bits per heavy atom. The SMILES string of the molecule is N#Cc1ccc(OCCOC(=O)C2CCN(S(=O)(=O)c3ccc4c(c3)CCC4)CC2)cc1. The van der Waals surface area contributed by atoms with E-state index in [0.717, 1.165) is 24.8 Å². The molecule has 0 spiro atoms. The first-order chi connectivity index (χ1) is 15.5. The number of hydrogen-bond acceptors (Lipinski definition) is 6. The largest absolute Gasteiger partial charge is 0.490 e. The van der Waals surface area contributed by atoms with Crippen LogP contribution in [0.1, 0.15) is 36.0 Å². The van der Waals surface area contributed by atoms with Crippen LogP contribution in [-0.2, 0) is 32.4 Å². The maximum Gasteiger partial charge on any atom is 0.309 e. The molecule has 2 aromatic rings. The van der Waals surface area contributed by atoms with Gasteiger partial charge in [-0.3, -0.25) is 4.79 Å². The molecule has 1 aliphatic carbocycles. The third-order valence-corrected chi connectivity index (χ3v) is 7.97. The standard InChI is InChI=1S/C24H26N2O5S/c25-17-18-4-7-22(8-5-18)30-14-15-31-24(27)20-10-12-26(13-11-20)32(28,29)23-9-6-19-2-1-3-21(19)16-23/h4-9,16,20H,1-3,10-15H2. The number of nitriles is 1. The quantitative estimate of drug-likeness (QED) is 0.471. The molecule has 0 N–H and O–H groups in total. The van der Waals surface area contributed by atoms with Gasteiger partial charge < -0.3 is 9.47 Å². The predicted octanol–water partition coefficient (Wildman–Crippen LogP) is 3.07. The minimum Gasteiger partial charge on any atom is -0.490 e. The van der Waals surface area contributed by atoms with Gasteiger partial charge in [0.25, 0.3) is 0 Å². The molecule has 0 aromatic heterocycles. The maximum atomic E-state index is 13.0. The van der Waals surface area contributed by atoms with Crippen molar-refractivity contribution in [1.82, 2.24) is 4.31 Å². The number of benzene rings is 2. The molecule has 8 heteroatoms. The number of hydrogen-bond donors (Lipinski definition) is 0. The van der Waals surface area contributed by atoms with Gasteiger partial charge in [0.05, 0.1) is 22.4 Å². The fourth-order valence-corrected chi connectivity index (χ4v) is 5.76. The van der Waals surface area contributed by atoms with Gasteiger partial charge in [0.2, 0.25) is 10.0 Å². The van der Waals surface area contributed by atoms with E-state index in [4.69, 9.17) is 14.7 Å². The highest BCUT2D eigenvalue weighted by molar-refractivity contribution is 7.89. The van der Waals surface area contributed by atoms with Crippen molar-refractivity contribution in [3.05, 3.63) is 59.2 Å². The molecule has 0 radical (unpaired) electrons. The third-order valence-electron chi connectivity index (χ3n) is 6.07. The molecule has 0 saturated carbocycles. The molecule has 2 aromatic carbocycles. The first-order valence-corrected chi connectivity index (χ1v) is 12.3. The summed E-state index contributed by atoms with van der Waals surface area (Å²) in [7, 11) is -3.55. The molecule has 168 valence electrons. The Morgan fingerprint density at radius 1 is 1.03 bits per heavy atom. The molecule has 1 heterocycles. The van der Waals surface area contributed by atoms with Crippen LogP contribution in [0.3, 0.4) is 0 Å². The second-order valence-corrected chi connectivity index (χ2v) is 10.1. The second kappa shape index (κ2) is 9.72. The van der Waals surface area contributed by atoms with Gasteiger partial charge in [-0.25, -0.2) is 8.42 Å². The monoisotopic (exact) mass is 454 g/mol. The number of piperidine rings is 1. The zero-order valence-corrected chi connectivity index (χ0v) is 18.6. The normalized spacial score (nSPS) is 16.8. The van der Waals surface area contributed by atoms with Crippen molar-refractivity contribution in [1.29, 1.82) is 5.26 Å².